The number of aromatic nitrogens is 3. The number of pyridine rings is 1. The molecule has 0 radical (unpaired) electrons. The molecule has 0 spiro atoms. The van der Waals surface area contributed by atoms with E-state index in [0.717, 1.165) is 29.2 Å². The Kier molecular flexibility index (Phi) is 6.21. The molecule has 29 heavy (non-hydrogen) atoms. The maximum absolute atomic E-state index is 13.1. The number of carbonyl (C=O) groups is 1. The second kappa shape index (κ2) is 9.19. The Bertz CT molecular complexity index is 903. The Labute approximate surface area is 173 Å². The fourth-order valence-electron chi connectivity index (χ4n) is 3.47. The molecule has 3 aromatic heterocycles. The SMILES string of the molecule is COCCCN(Cc1cccs1)C(=O)c1cc2n(n1)C[C@@H](Oc1cccnc1)C2. The quantitative estimate of drug-likeness (QED) is 0.505. The summed E-state index contributed by atoms with van der Waals surface area (Å²) in [4.78, 5) is 20.2. The van der Waals surface area contributed by atoms with Gasteiger partial charge in [-0.25, -0.2) is 0 Å². The maximum Gasteiger partial charge on any atom is 0.274 e. The number of methoxy groups -OCH3 is 1. The first-order valence-electron chi connectivity index (χ1n) is 9.67. The highest BCUT2D eigenvalue weighted by Gasteiger charge is 2.28. The van der Waals surface area contributed by atoms with Crippen molar-refractivity contribution < 1.29 is 14.3 Å². The minimum absolute atomic E-state index is 0.00905. The van der Waals surface area contributed by atoms with Gasteiger partial charge < -0.3 is 14.4 Å². The summed E-state index contributed by atoms with van der Waals surface area (Å²) in [5.41, 5.74) is 1.52. The van der Waals surface area contributed by atoms with Crippen LogP contribution >= 0.6 is 11.3 Å². The molecule has 3 aromatic rings. The van der Waals surface area contributed by atoms with Crippen molar-refractivity contribution in [3.05, 3.63) is 64.4 Å². The fraction of sp³-hybridized carbons (Fsp3) is 0.381. The lowest BCUT2D eigenvalue weighted by atomic mass is 10.2. The number of thiophene rings is 1. The predicted molar refractivity (Wildman–Crippen MR) is 110 cm³/mol. The molecular weight excluding hydrogens is 388 g/mol. The van der Waals surface area contributed by atoms with E-state index in [0.29, 0.717) is 31.9 Å². The summed E-state index contributed by atoms with van der Waals surface area (Å²) in [6.45, 7) is 2.49. The Morgan fingerprint density at radius 1 is 1.38 bits per heavy atom. The molecule has 0 N–H and O–H groups in total. The predicted octanol–water partition coefficient (Wildman–Crippen LogP) is 3.02. The van der Waals surface area contributed by atoms with E-state index in [1.807, 2.05) is 39.2 Å². The second-order valence-corrected chi connectivity index (χ2v) is 8.02. The Balaban J connectivity index is 1.41. The van der Waals surface area contributed by atoms with Crippen molar-refractivity contribution in [2.45, 2.75) is 32.0 Å². The van der Waals surface area contributed by atoms with Crippen LogP contribution < -0.4 is 4.74 Å². The molecule has 8 heteroatoms. The van der Waals surface area contributed by atoms with Crippen molar-refractivity contribution in [2.24, 2.45) is 0 Å². The molecule has 4 heterocycles. The molecule has 152 valence electrons. The molecule has 0 saturated heterocycles. The smallest absolute Gasteiger partial charge is 0.274 e. The van der Waals surface area contributed by atoms with E-state index in [2.05, 4.69) is 16.1 Å². The highest BCUT2D eigenvalue weighted by molar-refractivity contribution is 7.09. The first kappa shape index (κ1) is 19.6. The van der Waals surface area contributed by atoms with Gasteiger partial charge in [0.1, 0.15) is 11.9 Å². The fourth-order valence-corrected chi connectivity index (χ4v) is 4.19. The van der Waals surface area contributed by atoms with Gasteiger partial charge in [0.25, 0.3) is 5.91 Å². The van der Waals surface area contributed by atoms with Crippen molar-refractivity contribution in [3.63, 3.8) is 0 Å². The molecule has 0 saturated carbocycles. The Hall–Kier alpha value is -2.71. The normalized spacial score (nSPS) is 15.3. The molecule has 0 bridgehead atoms. The number of fused-ring (bicyclic) bond motifs is 1. The van der Waals surface area contributed by atoms with E-state index in [1.54, 1.807) is 30.8 Å². The third-order valence-corrected chi connectivity index (χ3v) is 5.68. The molecule has 1 aliphatic rings. The van der Waals surface area contributed by atoms with Gasteiger partial charge in [0.2, 0.25) is 0 Å². The summed E-state index contributed by atoms with van der Waals surface area (Å²) < 4.78 is 13.0. The van der Waals surface area contributed by atoms with Gasteiger partial charge in [0.15, 0.2) is 5.69 Å². The lowest BCUT2D eigenvalue weighted by Crippen LogP contribution is -2.32. The van der Waals surface area contributed by atoms with Crippen molar-refractivity contribution in [3.8, 4) is 5.75 Å². The van der Waals surface area contributed by atoms with Crippen LogP contribution in [0.3, 0.4) is 0 Å². The molecule has 0 fully saturated rings. The minimum atomic E-state index is -0.0406. The van der Waals surface area contributed by atoms with Crippen LogP contribution in [-0.4, -0.2) is 51.9 Å². The van der Waals surface area contributed by atoms with E-state index >= 15 is 0 Å². The Morgan fingerprint density at radius 2 is 2.31 bits per heavy atom. The maximum atomic E-state index is 13.1. The van der Waals surface area contributed by atoms with E-state index in [1.165, 1.54) is 0 Å². The van der Waals surface area contributed by atoms with Crippen LogP contribution in [0, 0.1) is 0 Å². The van der Waals surface area contributed by atoms with Crippen LogP contribution in [0.1, 0.15) is 27.5 Å². The zero-order valence-corrected chi connectivity index (χ0v) is 17.2. The molecule has 0 unspecified atom stereocenters. The first-order chi connectivity index (χ1) is 14.2. The van der Waals surface area contributed by atoms with Gasteiger partial charge in [0, 0.05) is 43.5 Å². The number of hydrogen-bond acceptors (Lipinski definition) is 6. The van der Waals surface area contributed by atoms with Gasteiger partial charge in [-0.2, -0.15) is 5.10 Å². The number of nitrogens with zero attached hydrogens (tertiary/aromatic N) is 4. The Morgan fingerprint density at radius 3 is 3.03 bits per heavy atom. The van der Waals surface area contributed by atoms with Crippen molar-refractivity contribution in [1.82, 2.24) is 19.7 Å². The highest BCUT2D eigenvalue weighted by atomic mass is 32.1. The lowest BCUT2D eigenvalue weighted by Gasteiger charge is -2.21. The summed E-state index contributed by atoms with van der Waals surface area (Å²) in [6, 6.07) is 9.70. The van der Waals surface area contributed by atoms with E-state index in [9.17, 15) is 4.79 Å². The molecule has 1 atom stereocenters. The number of amides is 1. The van der Waals surface area contributed by atoms with Crippen LogP contribution in [0.5, 0.6) is 5.75 Å². The van der Waals surface area contributed by atoms with Crippen molar-refractivity contribution in [2.75, 3.05) is 20.3 Å². The van der Waals surface area contributed by atoms with Crippen molar-refractivity contribution >= 4 is 17.2 Å². The summed E-state index contributed by atoms with van der Waals surface area (Å²) in [6.07, 6.45) is 4.96. The number of rotatable bonds is 9. The zero-order chi connectivity index (χ0) is 20.1. The third kappa shape index (κ3) is 4.83. The summed E-state index contributed by atoms with van der Waals surface area (Å²) in [7, 11) is 1.68. The molecule has 0 aliphatic carbocycles. The van der Waals surface area contributed by atoms with Gasteiger partial charge in [-0.3, -0.25) is 14.5 Å². The molecule has 4 rings (SSSR count). The van der Waals surface area contributed by atoms with E-state index in [4.69, 9.17) is 9.47 Å². The number of carbonyl (C=O) groups excluding carboxylic acids is 1. The third-order valence-electron chi connectivity index (χ3n) is 4.82. The second-order valence-electron chi connectivity index (χ2n) is 6.99. The summed E-state index contributed by atoms with van der Waals surface area (Å²) in [5.74, 6) is 0.709. The summed E-state index contributed by atoms with van der Waals surface area (Å²) >= 11 is 1.66. The van der Waals surface area contributed by atoms with Gasteiger partial charge in [-0.15, -0.1) is 11.3 Å². The van der Waals surface area contributed by atoms with Crippen LogP contribution in [0.15, 0.2) is 48.1 Å². The van der Waals surface area contributed by atoms with E-state index < -0.39 is 0 Å². The van der Waals surface area contributed by atoms with Gasteiger partial charge in [-0.1, -0.05) is 6.07 Å². The molecular formula is C21H24N4O3S. The van der Waals surface area contributed by atoms with Gasteiger partial charge in [0.05, 0.1) is 19.3 Å². The topological polar surface area (TPSA) is 69.5 Å². The van der Waals surface area contributed by atoms with Gasteiger partial charge >= 0.3 is 0 Å². The van der Waals surface area contributed by atoms with Gasteiger partial charge in [-0.05, 0) is 36.1 Å². The largest absolute Gasteiger partial charge is 0.486 e. The van der Waals surface area contributed by atoms with Crippen LogP contribution in [0.2, 0.25) is 0 Å². The molecule has 7 nitrogen and oxygen atoms in total. The monoisotopic (exact) mass is 412 g/mol. The number of hydrogen-bond donors (Lipinski definition) is 0. The van der Waals surface area contributed by atoms with Crippen LogP contribution in [0.4, 0.5) is 0 Å². The molecule has 1 amide bonds. The molecule has 0 aromatic carbocycles. The average molecular weight is 413 g/mol. The summed E-state index contributed by atoms with van der Waals surface area (Å²) in [5, 5.41) is 6.59. The average Bonchev–Trinajstić information content (AvgIpc) is 3.44. The minimum Gasteiger partial charge on any atom is -0.486 e. The highest BCUT2D eigenvalue weighted by Crippen LogP contribution is 2.22. The van der Waals surface area contributed by atoms with Crippen LogP contribution in [0.25, 0.3) is 0 Å². The number of ether oxygens (including phenoxy) is 2. The lowest BCUT2D eigenvalue weighted by molar-refractivity contribution is 0.0717. The van der Waals surface area contributed by atoms with Crippen molar-refractivity contribution in [1.29, 1.82) is 0 Å². The molecule has 1 aliphatic heterocycles. The first-order valence-corrected chi connectivity index (χ1v) is 10.5. The van der Waals surface area contributed by atoms with E-state index in [-0.39, 0.29) is 12.0 Å². The van der Waals surface area contributed by atoms with Crippen LogP contribution in [-0.2, 0) is 24.2 Å². The standard InChI is InChI=1S/C21H24N4O3S/c1-27-9-4-8-24(15-19-6-3-10-29-19)21(26)20-12-16-11-18(14-25(16)23-20)28-17-5-2-7-22-13-17/h2-3,5-7,10,12-13,18H,4,8-9,11,14-15H2,1H3/t18-/m0/s1. The zero-order valence-electron chi connectivity index (χ0n) is 16.4.